The monoisotopic (exact) mass is 219 g/mol. The number of aliphatic hydroxyl groups excluding tert-OH is 1. The largest absolute Gasteiger partial charge is 0.392 e. The zero-order chi connectivity index (χ0) is 10.6. The molecule has 3 nitrogen and oxygen atoms in total. The summed E-state index contributed by atoms with van der Waals surface area (Å²) in [5.41, 5.74) is 0. The molecule has 4 atom stereocenters. The molecule has 0 radical (unpaired) electrons. The van der Waals surface area contributed by atoms with Gasteiger partial charge in [0, 0.05) is 34.9 Å². The fourth-order valence-corrected chi connectivity index (χ4v) is 2.87. The lowest BCUT2D eigenvalue weighted by Gasteiger charge is -2.30. The molecule has 0 bridgehead atoms. The second-order valence-electron chi connectivity index (χ2n) is 4.27. The van der Waals surface area contributed by atoms with Gasteiger partial charge in [-0.2, -0.15) is 0 Å². The van der Waals surface area contributed by atoms with E-state index in [1.165, 1.54) is 6.42 Å². The lowest BCUT2D eigenvalue weighted by molar-refractivity contribution is 0.0873. The average molecular weight is 219 g/mol. The third kappa shape index (κ3) is 4.07. The maximum atomic E-state index is 11.0. The Labute approximate surface area is 88.7 Å². The van der Waals surface area contributed by atoms with Crippen LogP contribution in [0.15, 0.2) is 0 Å². The Morgan fingerprint density at radius 3 is 2.71 bits per heavy atom. The molecule has 0 heterocycles. The third-order valence-corrected chi connectivity index (χ3v) is 3.68. The van der Waals surface area contributed by atoms with Crippen LogP contribution in [0.1, 0.15) is 32.6 Å². The highest BCUT2D eigenvalue weighted by Gasteiger charge is 2.23. The van der Waals surface area contributed by atoms with E-state index < -0.39 is 10.8 Å². The van der Waals surface area contributed by atoms with Crippen molar-refractivity contribution in [1.29, 1.82) is 0 Å². The number of hydrogen-bond acceptors (Lipinski definition) is 3. The van der Waals surface area contributed by atoms with E-state index in [0.29, 0.717) is 5.75 Å². The summed E-state index contributed by atoms with van der Waals surface area (Å²) >= 11 is 0. The number of rotatable bonds is 4. The van der Waals surface area contributed by atoms with Crippen LogP contribution in [-0.2, 0) is 10.8 Å². The van der Waals surface area contributed by atoms with Gasteiger partial charge in [-0.15, -0.1) is 0 Å². The van der Waals surface area contributed by atoms with E-state index in [-0.39, 0.29) is 18.2 Å². The van der Waals surface area contributed by atoms with Crippen LogP contribution in [0.5, 0.6) is 0 Å². The molecule has 1 aliphatic rings. The van der Waals surface area contributed by atoms with Gasteiger partial charge in [-0.1, -0.05) is 12.8 Å². The van der Waals surface area contributed by atoms with Gasteiger partial charge in [0.25, 0.3) is 0 Å². The molecule has 2 N–H and O–H groups in total. The van der Waals surface area contributed by atoms with Crippen LogP contribution in [0.4, 0.5) is 0 Å². The summed E-state index contributed by atoms with van der Waals surface area (Å²) in [4.78, 5) is 0. The third-order valence-electron chi connectivity index (χ3n) is 2.71. The van der Waals surface area contributed by atoms with Crippen molar-refractivity contribution in [1.82, 2.24) is 5.32 Å². The summed E-state index contributed by atoms with van der Waals surface area (Å²) in [7, 11) is -0.755. The van der Waals surface area contributed by atoms with Gasteiger partial charge in [-0.25, -0.2) is 0 Å². The lowest BCUT2D eigenvalue weighted by Crippen LogP contribution is -2.47. The Bertz CT molecular complexity index is 199. The normalized spacial score (nSPS) is 32.5. The molecule has 0 saturated heterocycles. The maximum Gasteiger partial charge on any atom is 0.0693 e. The summed E-state index contributed by atoms with van der Waals surface area (Å²) in [5, 5.41) is 13.1. The SMILES string of the molecule is CC(CS(C)=O)N[C@@H]1CCCC[C@H]1O. The van der Waals surface area contributed by atoms with Crippen LogP contribution < -0.4 is 5.32 Å². The number of hydrogen-bond donors (Lipinski definition) is 2. The summed E-state index contributed by atoms with van der Waals surface area (Å²) in [6.07, 6.45) is 5.78. The van der Waals surface area contributed by atoms with Crippen molar-refractivity contribution < 1.29 is 9.32 Å². The first kappa shape index (κ1) is 12.1. The van der Waals surface area contributed by atoms with Crippen LogP contribution in [0.3, 0.4) is 0 Å². The quantitative estimate of drug-likeness (QED) is 0.730. The molecule has 84 valence electrons. The first-order valence-corrected chi connectivity index (χ1v) is 7.06. The minimum absolute atomic E-state index is 0.210. The fourth-order valence-electron chi connectivity index (χ4n) is 2.07. The molecule has 1 aliphatic carbocycles. The molecule has 4 heteroatoms. The van der Waals surface area contributed by atoms with Gasteiger partial charge in [0.05, 0.1) is 6.10 Å². The predicted molar refractivity (Wildman–Crippen MR) is 59.8 cm³/mol. The van der Waals surface area contributed by atoms with Crippen molar-refractivity contribution in [2.75, 3.05) is 12.0 Å². The van der Waals surface area contributed by atoms with Crippen LogP contribution in [0, 0.1) is 0 Å². The van der Waals surface area contributed by atoms with Gasteiger partial charge < -0.3 is 10.4 Å². The van der Waals surface area contributed by atoms with Crippen LogP contribution in [-0.4, -0.2) is 39.5 Å². The Hall–Kier alpha value is 0.0700. The maximum absolute atomic E-state index is 11.0. The molecular formula is C10H21NO2S. The van der Waals surface area contributed by atoms with E-state index in [1.54, 1.807) is 6.26 Å². The Morgan fingerprint density at radius 1 is 1.50 bits per heavy atom. The van der Waals surface area contributed by atoms with Crippen molar-refractivity contribution in [3.8, 4) is 0 Å². The van der Waals surface area contributed by atoms with Crippen molar-refractivity contribution in [3.63, 3.8) is 0 Å². The standard InChI is InChI=1S/C10H21NO2S/c1-8(7-14(2)13)11-9-5-3-4-6-10(9)12/h8-12H,3-7H2,1-2H3/t8?,9-,10-,14?/m1/s1. The first-order valence-electron chi connectivity index (χ1n) is 5.33. The molecule has 0 amide bonds. The van der Waals surface area contributed by atoms with Gasteiger partial charge >= 0.3 is 0 Å². The zero-order valence-corrected chi connectivity index (χ0v) is 9.85. The highest BCUT2D eigenvalue weighted by atomic mass is 32.2. The van der Waals surface area contributed by atoms with Crippen molar-refractivity contribution in [2.24, 2.45) is 0 Å². The summed E-state index contributed by atoms with van der Waals surface area (Å²) < 4.78 is 11.0. The number of nitrogens with one attached hydrogen (secondary N) is 1. The zero-order valence-electron chi connectivity index (χ0n) is 9.03. The molecule has 0 aliphatic heterocycles. The van der Waals surface area contributed by atoms with Crippen molar-refractivity contribution in [3.05, 3.63) is 0 Å². The second-order valence-corrected chi connectivity index (χ2v) is 5.75. The molecular weight excluding hydrogens is 198 g/mol. The molecule has 0 spiro atoms. The van der Waals surface area contributed by atoms with Gasteiger partial charge in [0.15, 0.2) is 0 Å². The van der Waals surface area contributed by atoms with Crippen LogP contribution in [0.25, 0.3) is 0 Å². The highest BCUT2D eigenvalue weighted by Crippen LogP contribution is 2.18. The van der Waals surface area contributed by atoms with E-state index in [4.69, 9.17) is 0 Å². The van der Waals surface area contributed by atoms with Crippen LogP contribution >= 0.6 is 0 Å². The van der Waals surface area contributed by atoms with Gasteiger partial charge in [-0.05, 0) is 19.8 Å². The first-order chi connectivity index (χ1) is 6.59. The summed E-state index contributed by atoms with van der Waals surface area (Å²) in [6, 6.07) is 0.445. The Morgan fingerprint density at radius 2 is 2.14 bits per heavy atom. The predicted octanol–water partition coefficient (Wildman–Crippen LogP) is 0.646. The molecule has 1 rings (SSSR count). The second kappa shape index (κ2) is 5.83. The molecule has 0 aromatic carbocycles. The van der Waals surface area contributed by atoms with Crippen molar-refractivity contribution in [2.45, 2.75) is 50.8 Å². The molecule has 1 saturated carbocycles. The molecule has 1 fully saturated rings. The van der Waals surface area contributed by atoms with Crippen LogP contribution in [0.2, 0.25) is 0 Å². The van der Waals surface area contributed by atoms with Gasteiger partial charge in [-0.3, -0.25) is 4.21 Å². The topological polar surface area (TPSA) is 49.3 Å². The smallest absolute Gasteiger partial charge is 0.0693 e. The van der Waals surface area contributed by atoms with E-state index in [2.05, 4.69) is 5.32 Å². The molecule has 0 aromatic rings. The van der Waals surface area contributed by atoms with E-state index in [0.717, 1.165) is 19.3 Å². The van der Waals surface area contributed by atoms with E-state index >= 15 is 0 Å². The fraction of sp³-hybridized carbons (Fsp3) is 1.00. The van der Waals surface area contributed by atoms with E-state index in [1.807, 2.05) is 6.92 Å². The molecule has 0 aromatic heterocycles. The number of aliphatic hydroxyl groups is 1. The highest BCUT2D eigenvalue weighted by molar-refractivity contribution is 7.84. The lowest BCUT2D eigenvalue weighted by atomic mass is 9.92. The minimum Gasteiger partial charge on any atom is -0.392 e. The molecule has 14 heavy (non-hydrogen) atoms. The minimum atomic E-state index is -0.755. The average Bonchev–Trinajstić information content (AvgIpc) is 2.07. The molecule has 2 unspecified atom stereocenters. The van der Waals surface area contributed by atoms with E-state index in [9.17, 15) is 9.32 Å². The van der Waals surface area contributed by atoms with Crippen molar-refractivity contribution >= 4 is 10.8 Å². The Balaban J connectivity index is 2.30. The van der Waals surface area contributed by atoms with Gasteiger partial charge in [0.2, 0.25) is 0 Å². The Kier molecular flexibility index (Phi) is 5.06. The summed E-state index contributed by atoms with van der Waals surface area (Å²) in [6.45, 7) is 2.03. The summed E-state index contributed by atoms with van der Waals surface area (Å²) in [5.74, 6) is 0.670. The van der Waals surface area contributed by atoms with Gasteiger partial charge in [0.1, 0.15) is 0 Å².